The van der Waals surface area contributed by atoms with E-state index in [9.17, 15) is 9.59 Å². The summed E-state index contributed by atoms with van der Waals surface area (Å²) in [5.41, 5.74) is 0. The number of aromatic nitrogens is 3. The summed E-state index contributed by atoms with van der Waals surface area (Å²) in [7, 11) is 0. The number of rotatable bonds is 7. The summed E-state index contributed by atoms with van der Waals surface area (Å²) in [6.07, 6.45) is 4.56. The molecule has 8 nitrogen and oxygen atoms in total. The molecule has 2 amide bonds. The lowest BCUT2D eigenvalue weighted by molar-refractivity contribution is -0.131. The van der Waals surface area contributed by atoms with Crippen molar-refractivity contribution in [3.8, 4) is 0 Å². The van der Waals surface area contributed by atoms with Crippen LogP contribution in [0.25, 0.3) is 0 Å². The maximum absolute atomic E-state index is 12.4. The van der Waals surface area contributed by atoms with Crippen molar-refractivity contribution in [2.24, 2.45) is 0 Å². The Kier molecular flexibility index (Phi) is 6.73. The summed E-state index contributed by atoms with van der Waals surface area (Å²) in [5, 5.41) is 12.4. The molecule has 0 saturated carbocycles. The normalized spacial score (nSPS) is 15.6. The van der Waals surface area contributed by atoms with Gasteiger partial charge in [0.2, 0.25) is 11.8 Å². The van der Waals surface area contributed by atoms with Gasteiger partial charge in [0.25, 0.3) is 0 Å². The van der Waals surface area contributed by atoms with Gasteiger partial charge in [-0.2, -0.15) is 0 Å². The quantitative estimate of drug-likeness (QED) is 0.764. The molecule has 1 aliphatic rings. The highest BCUT2D eigenvalue weighted by Gasteiger charge is 2.20. The molecule has 3 rings (SSSR count). The number of hydrogen-bond donors (Lipinski definition) is 1. The molecule has 3 heterocycles. The number of carbonyl (C=O) groups excluding carboxylic acids is 2. The molecule has 9 heteroatoms. The number of carbonyl (C=O) groups is 2. The Labute approximate surface area is 156 Å². The van der Waals surface area contributed by atoms with E-state index in [1.54, 1.807) is 28.6 Å². The minimum atomic E-state index is 0.0331. The lowest BCUT2D eigenvalue weighted by Crippen LogP contribution is -2.39. The third-order valence-corrected chi connectivity index (χ3v) is 5.28. The topological polar surface area (TPSA) is 83.4 Å². The number of amides is 2. The van der Waals surface area contributed by atoms with E-state index in [4.69, 9.17) is 0 Å². The maximum atomic E-state index is 12.4. The minimum absolute atomic E-state index is 0.0331. The molecule has 0 bridgehead atoms. The van der Waals surface area contributed by atoms with Crippen molar-refractivity contribution in [3.05, 3.63) is 35.0 Å². The fourth-order valence-electron chi connectivity index (χ4n) is 2.96. The van der Waals surface area contributed by atoms with Crippen LogP contribution in [0, 0.1) is 0 Å². The molecule has 0 aromatic carbocycles. The monoisotopic (exact) mass is 376 g/mol. The van der Waals surface area contributed by atoms with Crippen LogP contribution in [0.4, 0.5) is 0 Å². The molecule has 1 aliphatic heterocycles. The van der Waals surface area contributed by atoms with Crippen molar-refractivity contribution in [2.75, 3.05) is 32.7 Å². The van der Waals surface area contributed by atoms with Gasteiger partial charge in [0.05, 0.1) is 13.1 Å². The fourth-order valence-corrected chi connectivity index (χ4v) is 3.60. The first-order valence-electron chi connectivity index (χ1n) is 8.82. The number of nitrogens with zero attached hydrogens (tertiary/aromatic N) is 5. The van der Waals surface area contributed by atoms with Crippen molar-refractivity contribution < 1.29 is 9.59 Å². The Balaban J connectivity index is 1.38. The molecule has 0 radical (unpaired) electrons. The second kappa shape index (κ2) is 9.44. The Morgan fingerprint density at radius 1 is 1.15 bits per heavy atom. The molecule has 2 aromatic heterocycles. The van der Waals surface area contributed by atoms with Crippen LogP contribution in [-0.4, -0.2) is 69.1 Å². The minimum Gasteiger partial charge on any atom is -0.350 e. The highest BCUT2D eigenvalue weighted by molar-refractivity contribution is 7.09. The van der Waals surface area contributed by atoms with Gasteiger partial charge in [0.1, 0.15) is 12.7 Å². The van der Waals surface area contributed by atoms with E-state index in [0.717, 1.165) is 30.9 Å². The summed E-state index contributed by atoms with van der Waals surface area (Å²) < 4.78 is 1.81. The van der Waals surface area contributed by atoms with Gasteiger partial charge in [-0.3, -0.25) is 14.5 Å². The van der Waals surface area contributed by atoms with E-state index in [0.29, 0.717) is 32.6 Å². The summed E-state index contributed by atoms with van der Waals surface area (Å²) in [4.78, 5) is 29.7. The van der Waals surface area contributed by atoms with E-state index < -0.39 is 0 Å². The fraction of sp³-hybridized carbons (Fsp3) is 0.529. The molecule has 2 aromatic rings. The Morgan fingerprint density at radius 2 is 2.00 bits per heavy atom. The summed E-state index contributed by atoms with van der Waals surface area (Å²) >= 11 is 1.64. The van der Waals surface area contributed by atoms with E-state index >= 15 is 0 Å². The molecule has 0 atom stereocenters. The molecule has 0 unspecified atom stereocenters. The summed E-state index contributed by atoms with van der Waals surface area (Å²) in [6, 6.07) is 4.00. The molecular formula is C17H24N6O2S. The molecule has 140 valence electrons. The summed E-state index contributed by atoms with van der Waals surface area (Å²) in [5.74, 6) is 0.175. The molecule has 0 spiro atoms. The molecule has 1 saturated heterocycles. The van der Waals surface area contributed by atoms with Crippen LogP contribution < -0.4 is 5.32 Å². The second-order valence-electron chi connectivity index (χ2n) is 6.32. The highest BCUT2D eigenvalue weighted by atomic mass is 32.1. The lowest BCUT2D eigenvalue weighted by atomic mass is 10.3. The van der Waals surface area contributed by atoms with E-state index in [1.807, 2.05) is 22.4 Å². The maximum Gasteiger partial charge on any atom is 0.234 e. The van der Waals surface area contributed by atoms with Crippen LogP contribution in [-0.2, 0) is 22.7 Å². The standard InChI is InChI=1S/C17H24N6O2S/c24-16(18-11-15-3-1-10-26-15)12-21-5-2-6-23(9-8-21)17(25)4-7-22-13-19-20-14-22/h1,3,10,13-14H,2,4-9,11-12H2,(H,18,24). The first kappa shape index (κ1) is 18.5. The van der Waals surface area contributed by atoms with Crippen LogP contribution in [0.3, 0.4) is 0 Å². The van der Waals surface area contributed by atoms with Gasteiger partial charge in [0.15, 0.2) is 0 Å². The van der Waals surface area contributed by atoms with Gasteiger partial charge in [0, 0.05) is 44.0 Å². The number of hydrogen-bond acceptors (Lipinski definition) is 6. The van der Waals surface area contributed by atoms with Crippen molar-refractivity contribution in [1.82, 2.24) is 29.9 Å². The zero-order chi connectivity index (χ0) is 18.2. The van der Waals surface area contributed by atoms with Gasteiger partial charge in [-0.25, -0.2) is 0 Å². The van der Waals surface area contributed by atoms with Crippen LogP contribution in [0.1, 0.15) is 17.7 Å². The molecular weight excluding hydrogens is 352 g/mol. The molecule has 0 aliphatic carbocycles. The van der Waals surface area contributed by atoms with E-state index in [1.165, 1.54) is 0 Å². The number of aryl methyl sites for hydroxylation is 1. The Bertz CT molecular complexity index is 688. The van der Waals surface area contributed by atoms with Gasteiger partial charge in [-0.1, -0.05) is 6.07 Å². The molecule has 1 fully saturated rings. The molecule has 26 heavy (non-hydrogen) atoms. The number of thiophene rings is 1. The zero-order valence-electron chi connectivity index (χ0n) is 14.7. The van der Waals surface area contributed by atoms with E-state index in [-0.39, 0.29) is 11.8 Å². The highest BCUT2D eigenvalue weighted by Crippen LogP contribution is 2.08. The Morgan fingerprint density at radius 3 is 2.77 bits per heavy atom. The second-order valence-corrected chi connectivity index (χ2v) is 7.35. The third-order valence-electron chi connectivity index (χ3n) is 4.40. The first-order valence-corrected chi connectivity index (χ1v) is 9.70. The predicted molar refractivity (Wildman–Crippen MR) is 98.4 cm³/mol. The third kappa shape index (κ3) is 5.63. The van der Waals surface area contributed by atoms with Gasteiger partial charge in [-0.15, -0.1) is 21.5 Å². The first-order chi connectivity index (χ1) is 12.7. The molecule has 1 N–H and O–H groups in total. The van der Waals surface area contributed by atoms with Crippen molar-refractivity contribution >= 4 is 23.2 Å². The van der Waals surface area contributed by atoms with Crippen LogP contribution in [0.5, 0.6) is 0 Å². The smallest absolute Gasteiger partial charge is 0.234 e. The Hall–Kier alpha value is -2.26. The van der Waals surface area contributed by atoms with Crippen molar-refractivity contribution in [2.45, 2.75) is 25.9 Å². The van der Waals surface area contributed by atoms with Gasteiger partial charge < -0.3 is 14.8 Å². The van der Waals surface area contributed by atoms with Crippen molar-refractivity contribution in [3.63, 3.8) is 0 Å². The van der Waals surface area contributed by atoms with Gasteiger partial charge >= 0.3 is 0 Å². The average Bonchev–Trinajstić information content (AvgIpc) is 3.30. The lowest BCUT2D eigenvalue weighted by Gasteiger charge is -2.21. The van der Waals surface area contributed by atoms with Gasteiger partial charge in [-0.05, 0) is 17.9 Å². The van der Waals surface area contributed by atoms with Crippen LogP contribution in [0.2, 0.25) is 0 Å². The van der Waals surface area contributed by atoms with Crippen molar-refractivity contribution in [1.29, 1.82) is 0 Å². The SMILES string of the molecule is O=C(CN1CCCN(C(=O)CCn2cnnc2)CC1)NCc1cccs1. The number of nitrogens with one attached hydrogen (secondary N) is 1. The average molecular weight is 376 g/mol. The largest absolute Gasteiger partial charge is 0.350 e. The van der Waals surface area contributed by atoms with Crippen LogP contribution in [0.15, 0.2) is 30.2 Å². The predicted octanol–water partition coefficient (Wildman–Crippen LogP) is 0.580. The van der Waals surface area contributed by atoms with E-state index in [2.05, 4.69) is 20.4 Å². The summed E-state index contributed by atoms with van der Waals surface area (Å²) in [6.45, 7) is 4.53. The zero-order valence-corrected chi connectivity index (χ0v) is 15.5. The van der Waals surface area contributed by atoms with Crippen LogP contribution >= 0.6 is 11.3 Å².